The lowest BCUT2D eigenvalue weighted by Gasteiger charge is -2.18. The number of aryl methyl sites for hydroxylation is 1. The molecule has 5 nitrogen and oxygen atoms in total. The molecule has 0 spiro atoms. The van der Waals surface area contributed by atoms with Gasteiger partial charge in [-0.2, -0.15) is 4.31 Å². The van der Waals surface area contributed by atoms with E-state index in [1.165, 1.54) is 4.31 Å². The van der Waals surface area contributed by atoms with Gasteiger partial charge in [-0.05, 0) is 18.2 Å². The molecule has 20 heavy (non-hydrogen) atoms. The van der Waals surface area contributed by atoms with E-state index in [1.807, 2.05) is 25.5 Å². The summed E-state index contributed by atoms with van der Waals surface area (Å²) < 4.78 is 28.2. The molecule has 0 fully saturated rings. The van der Waals surface area contributed by atoms with Crippen molar-refractivity contribution in [1.82, 2.24) is 13.9 Å². The van der Waals surface area contributed by atoms with Crippen molar-refractivity contribution in [2.24, 2.45) is 7.05 Å². The maximum Gasteiger partial charge on any atom is 0.243 e. The van der Waals surface area contributed by atoms with Crippen molar-refractivity contribution in [2.75, 3.05) is 13.1 Å². The average Bonchev–Trinajstić information content (AvgIpc) is 2.76. The van der Waals surface area contributed by atoms with Gasteiger partial charge < -0.3 is 4.57 Å². The number of hydrogen-bond donors (Lipinski definition) is 0. The van der Waals surface area contributed by atoms with E-state index in [4.69, 9.17) is 11.6 Å². The third-order valence-electron chi connectivity index (χ3n) is 3.41. The van der Waals surface area contributed by atoms with Gasteiger partial charge in [0.25, 0.3) is 0 Å². The number of aromatic nitrogens is 2. The van der Waals surface area contributed by atoms with Crippen LogP contribution in [0.3, 0.4) is 0 Å². The van der Waals surface area contributed by atoms with Gasteiger partial charge in [-0.3, -0.25) is 0 Å². The van der Waals surface area contributed by atoms with E-state index in [0.29, 0.717) is 24.5 Å². The summed E-state index contributed by atoms with van der Waals surface area (Å²) in [6.07, 6.45) is 0. The van der Waals surface area contributed by atoms with E-state index in [-0.39, 0.29) is 4.90 Å². The second-order valence-corrected chi connectivity index (χ2v) is 6.67. The van der Waals surface area contributed by atoms with Crippen molar-refractivity contribution in [1.29, 1.82) is 0 Å². The quantitative estimate of drug-likeness (QED) is 0.796. The molecule has 2 rings (SSSR count). The molecular formula is C13H18ClN3O2S. The SMILES string of the molecule is CCN(CC)S(=O)(=O)c1ccc2c(c1)nc(CCl)n2C. The molecule has 0 radical (unpaired) electrons. The Balaban J connectivity index is 2.57. The summed E-state index contributed by atoms with van der Waals surface area (Å²) in [7, 11) is -1.59. The highest BCUT2D eigenvalue weighted by Crippen LogP contribution is 2.22. The van der Waals surface area contributed by atoms with Crippen LogP contribution in [0.1, 0.15) is 19.7 Å². The smallest absolute Gasteiger partial charge is 0.243 e. The fourth-order valence-corrected chi connectivity index (χ4v) is 3.94. The monoisotopic (exact) mass is 315 g/mol. The number of benzene rings is 1. The first-order valence-corrected chi connectivity index (χ1v) is 8.44. The van der Waals surface area contributed by atoms with Crippen molar-refractivity contribution < 1.29 is 8.42 Å². The van der Waals surface area contributed by atoms with Crippen LogP contribution >= 0.6 is 11.6 Å². The number of halogens is 1. The maximum absolute atomic E-state index is 12.5. The molecule has 0 aliphatic carbocycles. The molecular weight excluding hydrogens is 298 g/mol. The van der Waals surface area contributed by atoms with Gasteiger partial charge in [-0.1, -0.05) is 13.8 Å². The summed E-state index contributed by atoms with van der Waals surface area (Å²) >= 11 is 5.82. The van der Waals surface area contributed by atoms with Gasteiger partial charge in [0, 0.05) is 20.1 Å². The van der Waals surface area contributed by atoms with Crippen LogP contribution < -0.4 is 0 Å². The molecule has 0 amide bonds. The van der Waals surface area contributed by atoms with Gasteiger partial charge in [0.15, 0.2) is 0 Å². The van der Waals surface area contributed by atoms with Crippen LogP contribution in [0.25, 0.3) is 11.0 Å². The first kappa shape index (κ1) is 15.3. The zero-order chi connectivity index (χ0) is 14.9. The third-order valence-corrected chi connectivity index (χ3v) is 5.69. The molecule has 110 valence electrons. The molecule has 1 aromatic heterocycles. The van der Waals surface area contributed by atoms with Crippen LogP contribution in [0, 0.1) is 0 Å². The van der Waals surface area contributed by atoms with E-state index in [2.05, 4.69) is 4.98 Å². The lowest BCUT2D eigenvalue weighted by Crippen LogP contribution is -2.30. The summed E-state index contributed by atoms with van der Waals surface area (Å²) in [5, 5.41) is 0. The maximum atomic E-state index is 12.5. The van der Waals surface area contributed by atoms with Gasteiger partial charge >= 0.3 is 0 Å². The molecule has 0 aliphatic rings. The minimum Gasteiger partial charge on any atom is -0.330 e. The number of alkyl halides is 1. The zero-order valence-electron chi connectivity index (χ0n) is 11.8. The van der Waals surface area contributed by atoms with Gasteiger partial charge in [0.1, 0.15) is 5.82 Å². The summed E-state index contributed by atoms with van der Waals surface area (Å²) in [5.41, 5.74) is 1.52. The van der Waals surface area contributed by atoms with Crippen molar-refractivity contribution in [3.8, 4) is 0 Å². The second-order valence-electron chi connectivity index (χ2n) is 4.46. The van der Waals surface area contributed by atoms with Gasteiger partial charge in [0.2, 0.25) is 10.0 Å². The molecule has 0 atom stereocenters. The van der Waals surface area contributed by atoms with Crippen molar-refractivity contribution in [3.05, 3.63) is 24.0 Å². The van der Waals surface area contributed by atoms with Gasteiger partial charge in [-0.25, -0.2) is 13.4 Å². The highest BCUT2D eigenvalue weighted by molar-refractivity contribution is 7.89. The summed E-state index contributed by atoms with van der Waals surface area (Å²) in [4.78, 5) is 4.64. The second kappa shape index (κ2) is 5.71. The molecule has 1 heterocycles. The van der Waals surface area contributed by atoms with Gasteiger partial charge in [-0.15, -0.1) is 11.6 Å². The fourth-order valence-electron chi connectivity index (χ4n) is 2.22. The zero-order valence-corrected chi connectivity index (χ0v) is 13.4. The molecule has 0 saturated heterocycles. The van der Waals surface area contributed by atoms with E-state index >= 15 is 0 Å². The van der Waals surface area contributed by atoms with Crippen molar-refractivity contribution in [3.63, 3.8) is 0 Å². The molecule has 0 bridgehead atoms. The van der Waals surface area contributed by atoms with Crippen LogP contribution in [0.4, 0.5) is 0 Å². The number of nitrogens with zero attached hydrogens (tertiary/aromatic N) is 3. The van der Waals surface area contributed by atoms with Gasteiger partial charge in [0.05, 0.1) is 21.8 Å². The third kappa shape index (κ3) is 2.43. The minimum atomic E-state index is -3.45. The molecule has 0 aliphatic heterocycles. The Morgan fingerprint density at radius 1 is 1.30 bits per heavy atom. The average molecular weight is 316 g/mol. The van der Waals surface area contributed by atoms with Crippen LogP contribution in [0.2, 0.25) is 0 Å². The van der Waals surface area contributed by atoms with Crippen molar-refractivity contribution >= 4 is 32.7 Å². The number of fused-ring (bicyclic) bond motifs is 1. The van der Waals surface area contributed by atoms with Crippen molar-refractivity contribution in [2.45, 2.75) is 24.6 Å². The Bertz CT molecular complexity index is 721. The molecule has 0 saturated carbocycles. The highest BCUT2D eigenvalue weighted by Gasteiger charge is 2.22. The van der Waals surface area contributed by atoms with E-state index in [1.54, 1.807) is 18.2 Å². The van der Waals surface area contributed by atoms with Crippen LogP contribution in [-0.4, -0.2) is 35.4 Å². The standard InChI is InChI=1S/C13H18ClN3O2S/c1-4-17(5-2)20(18,19)10-6-7-12-11(8-10)15-13(9-14)16(12)3/h6-8H,4-5,9H2,1-3H3. The largest absolute Gasteiger partial charge is 0.330 e. The Labute approximate surface area is 124 Å². The Kier molecular flexibility index (Phi) is 4.36. The Hall–Kier alpha value is -1.11. The number of rotatable bonds is 5. The number of imidazole rings is 1. The molecule has 0 unspecified atom stereocenters. The molecule has 2 aromatic rings. The minimum absolute atomic E-state index is 0.271. The lowest BCUT2D eigenvalue weighted by atomic mass is 10.3. The number of hydrogen-bond acceptors (Lipinski definition) is 3. The predicted molar refractivity (Wildman–Crippen MR) is 80.4 cm³/mol. The van der Waals surface area contributed by atoms with E-state index < -0.39 is 10.0 Å². The van der Waals surface area contributed by atoms with E-state index in [0.717, 1.165) is 11.3 Å². The number of sulfonamides is 1. The Morgan fingerprint density at radius 3 is 2.50 bits per heavy atom. The normalized spacial score (nSPS) is 12.4. The lowest BCUT2D eigenvalue weighted by molar-refractivity contribution is 0.445. The van der Waals surface area contributed by atoms with E-state index in [9.17, 15) is 8.42 Å². The summed E-state index contributed by atoms with van der Waals surface area (Å²) in [6, 6.07) is 5.00. The molecule has 7 heteroatoms. The summed E-state index contributed by atoms with van der Waals surface area (Å²) in [5.74, 6) is 1.02. The Morgan fingerprint density at radius 2 is 1.95 bits per heavy atom. The predicted octanol–water partition coefficient (Wildman–Crippen LogP) is 2.34. The first-order valence-electron chi connectivity index (χ1n) is 6.47. The topological polar surface area (TPSA) is 55.2 Å². The fraction of sp³-hybridized carbons (Fsp3) is 0.462. The van der Waals surface area contributed by atoms with Crippen LogP contribution in [0.5, 0.6) is 0 Å². The molecule has 1 aromatic carbocycles. The first-order chi connectivity index (χ1) is 9.45. The molecule has 0 N–H and O–H groups in total. The summed E-state index contributed by atoms with van der Waals surface area (Å²) in [6.45, 7) is 4.55. The van der Waals surface area contributed by atoms with Crippen LogP contribution in [0.15, 0.2) is 23.1 Å². The highest BCUT2D eigenvalue weighted by atomic mass is 35.5. The van der Waals surface area contributed by atoms with Crippen LogP contribution in [-0.2, 0) is 23.0 Å².